The monoisotopic (exact) mass is 670 g/mol. The first-order valence-electron chi connectivity index (χ1n) is 18.0. The van der Waals surface area contributed by atoms with E-state index in [1.54, 1.807) is 25.3 Å². The van der Waals surface area contributed by atoms with Crippen LogP contribution in [0.15, 0.2) is 91.4 Å². The summed E-state index contributed by atoms with van der Waals surface area (Å²) in [6, 6.07) is 22.6. The van der Waals surface area contributed by atoms with Crippen molar-refractivity contribution >= 4 is 34.1 Å². The Hall–Kier alpha value is -5.05. The predicted molar refractivity (Wildman–Crippen MR) is 193 cm³/mol. The number of nitrogens with zero attached hydrogens (tertiary/aromatic N) is 4. The minimum Gasteiger partial charge on any atom is -0.382 e. The molecule has 1 aliphatic heterocycles. The second kappa shape index (κ2) is 13.7. The summed E-state index contributed by atoms with van der Waals surface area (Å²) in [6.07, 6.45) is 13.6. The molecule has 8 nitrogen and oxygen atoms in total. The van der Waals surface area contributed by atoms with Crippen molar-refractivity contribution in [3.05, 3.63) is 119 Å². The summed E-state index contributed by atoms with van der Waals surface area (Å²) in [7, 11) is 0. The Morgan fingerprint density at radius 2 is 1.72 bits per heavy atom. The fourth-order valence-electron chi connectivity index (χ4n) is 8.74. The normalized spacial score (nSPS) is 22.1. The Balaban J connectivity index is 1.12. The van der Waals surface area contributed by atoms with Crippen LogP contribution in [0.4, 0.5) is 15.8 Å². The molecule has 5 aromatic rings. The summed E-state index contributed by atoms with van der Waals surface area (Å²) in [5, 5.41) is 12.4. The van der Waals surface area contributed by atoms with Crippen LogP contribution in [0.25, 0.3) is 10.9 Å². The van der Waals surface area contributed by atoms with Crippen molar-refractivity contribution in [2.75, 3.05) is 10.6 Å². The number of carbonyl (C=O) groups is 2. The maximum atomic E-state index is 15.4. The van der Waals surface area contributed by atoms with Crippen LogP contribution in [-0.4, -0.2) is 43.6 Å². The summed E-state index contributed by atoms with van der Waals surface area (Å²) in [4.78, 5) is 35.2. The highest BCUT2D eigenvalue weighted by Crippen LogP contribution is 2.49. The van der Waals surface area contributed by atoms with E-state index in [0.29, 0.717) is 30.3 Å². The van der Waals surface area contributed by atoms with Gasteiger partial charge in [-0.05, 0) is 104 Å². The average molecular weight is 671 g/mol. The third kappa shape index (κ3) is 6.25. The maximum absolute atomic E-state index is 15.4. The first kappa shape index (κ1) is 32.2. The first-order chi connectivity index (χ1) is 24.4. The van der Waals surface area contributed by atoms with E-state index in [1.807, 2.05) is 52.3 Å². The van der Waals surface area contributed by atoms with Gasteiger partial charge < -0.3 is 15.5 Å². The lowest BCUT2D eigenvalue weighted by molar-refractivity contribution is -0.125. The van der Waals surface area contributed by atoms with Crippen LogP contribution in [-0.2, 0) is 11.3 Å². The van der Waals surface area contributed by atoms with Gasteiger partial charge in [0.15, 0.2) is 0 Å². The van der Waals surface area contributed by atoms with Crippen molar-refractivity contribution in [2.45, 2.75) is 83.0 Å². The number of benzene rings is 3. The Morgan fingerprint density at radius 1 is 0.900 bits per heavy atom. The van der Waals surface area contributed by atoms with Crippen molar-refractivity contribution in [2.24, 2.45) is 11.8 Å². The Kier molecular flexibility index (Phi) is 8.81. The van der Waals surface area contributed by atoms with Gasteiger partial charge in [-0.2, -0.15) is 5.10 Å². The summed E-state index contributed by atoms with van der Waals surface area (Å²) < 4.78 is 17.4. The van der Waals surface area contributed by atoms with Crippen molar-refractivity contribution in [3.63, 3.8) is 0 Å². The molecule has 9 heteroatoms. The fraction of sp³-hybridized carbons (Fsp3) is 0.366. The third-order valence-electron chi connectivity index (χ3n) is 11.2. The molecular formula is C41H43FN6O2. The van der Waals surface area contributed by atoms with E-state index in [9.17, 15) is 9.59 Å². The lowest BCUT2D eigenvalue weighted by Gasteiger charge is -2.48. The van der Waals surface area contributed by atoms with Gasteiger partial charge in [0.2, 0.25) is 5.91 Å². The molecule has 3 fully saturated rings. The van der Waals surface area contributed by atoms with Gasteiger partial charge >= 0.3 is 0 Å². The summed E-state index contributed by atoms with van der Waals surface area (Å²) in [5.41, 5.74) is 5.31. The van der Waals surface area contributed by atoms with Crippen LogP contribution >= 0.6 is 0 Å². The number of halogens is 1. The van der Waals surface area contributed by atoms with E-state index >= 15 is 4.39 Å². The minimum atomic E-state index is -0.549. The molecule has 4 atom stereocenters. The van der Waals surface area contributed by atoms with E-state index in [-0.39, 0.29) is 29.3 Å². The number of aromatic nitrogens is 3. The number of fused-ring (bicyclic) bond motifs is 2. The second-order valence-electron chi connectivity index (χ2n) is 14.4. The van der Waals surface area contributed by atoms with E-state index in [0.717, 1.165) is 59.8 Å². The zero-order valence-electron chi connectivity index (χ0n) is 28.4. The molecule has 256 valence electrons. The van der Waals surface area contributed by atoms with Crippen molar-refractivity contribution in [1.82, 2.24) is 19.7 Å². The highest BCUT2D eigenvalue weighted by Gasteiger charge is 2.50. The summed E-state index contributed by atoms with van der Waals surface area (Å²) in [6.45, 7) is 2.37. The van der Waals surface area contributed by atoms with Crippen LogP contribution in [0.1, 0.15) is 84.5 Å². The molecule has 3 aromatic carbocycles. The molecule has 8 rings (SSSR count). The number of hydrogen-bond donors (Lipinski definition) is 2. The Bertz CT molecular complexity index is 1980. The molecule has 0 bridgehead atoms. The minimum absolute atomic E-state index is 0.0612. The lowest BCUT2D eigenvalue weighted by atomic mass is 9.76. The predicted octanol–water partition coefficient (Wildman–Crippen LogP) is 8.29. The van der Waals surface area contributed by atoms with E-state index in [2.05, 4.69) is 45.0 Å². The van der Waals surface area contributed by atoms with Gasteiger partial charge in [-0.25, -0.2) is 4.39 Å². The van der Waals surface area contributed by atoms with E-state index in [4.69, 9.17) is 0 Å². The molecule has 1 saturated heterocycles. The number of rotatable bonds is 8. The van der Waals surface area contributed by atoms with Gasteiger partial charge in [0, 0.05) is 41.2 Å². The van der Waals surface area contributed by atoms with Gasteiger partial charge in [0.1, 0.15) is 5.82 Å². The van der Waals surface area contributed by atoms with Gasteiger partial charge in [-0.1, -0.05) is 49.6 Å². The van der Waals surface area contributed by atoms with Crippen LogP contribution in [0.2, 0.25) is 0 Å². The maximum Gasteiger partial charge on any atom is 0.257 e. The van der Waals surface area contributed by atoms with Crippen molar-refractivity contribution in [3.8, 4) is 0 Å². The molecule has 0 unspecified atom stereocenters. The summed E-state index contributed by atoms with van der Waals surface area (Å²) in [5.74, 6) is -1.37. The average Bonchev–Trinajstić information content (AvgIpc) is 3.90. The molecule has 3 aliphatic rings. The number of anilines is 2. The van der Waals surface area contributed by atoms with Crippen LogP contribution < -0.4 is 10.6 Å². The van der Waals surface area contributed by atoms with E-state index < -0.39 is 17.8 Å². The number of piperidine rings is 1. The van der Waals surface area contributed by atoms with Crippen molar-refractivity contribution in [1.29, 1.82) is 0 Å². The SMILES string of the molecule is Cc1cccc(F)c1C(=O)N1[C@@H]2CCC[C@@H]2C[C@H](C(=O)Nc2ccc3c(cnn3Cc3cccnc3)c2)[C@@H]1c1ccc(NC2CCCC2)cc1. The first-order valence-corrected chi connectivity index (χ1v) is 18.0. The molecule has 2 aliphatic carbocycles. The number of likely N-dealkylation sites (tertiary alicyclic amines) is 1. The largest absolute Gasteiger partial charge is 0.382 e. The Morgan fingerprint density at radius 3 is 2.50 bits per heavy atom. The zero-order chi connectivity index (χ0) is 34.2. The lowest BCUT2D eigenvalue weighted by Crippen LogP contribution is -2.54. The highest BCUT2D eigenvalue weighted by atomic mass is 19.1. The molecule has 2 N–H and O–H groups in total. The Labute approximate surface area is 292 Å². The fourth-order valence-corrected chi connectivity index (χ4v) is 8.74. The third-order valence-corrected chi connectivity index (χ3v) is 11.2. The number of pyridine rings is 1. The molecule has 0 radical (unpaired) electrons. The quantitative estimate of drug-likeness (QED) is 0.173. The number of carbonyl (C=O) groups excluding carboxylic acids is 2. The van der Waals surface area contributed by atoms with Crippen LogP contribution in [0.3, 0.4) is 0 Å². The molecular weight excluding hydrogens is 627 g/mol. The van der Waals surface area contributed by atoms with E-state index in [1.165, 1.54) is 18.9 Å². The number of aryl methyl sites for hydroxylation is 1. The molecule has 3 heterocycles. The van der Waals surface area contributed by atoms with Gasteiger partial charge in [-0.15, -0.1) is 0 Å². The second-order valence-corrected chi connectivity index (χ2v) is 14.4. The summed E-state index contributed by atoms with van der Waals surface area (Å²) >= 11 is 0. The smallest absolute Gasteiger partial charge is 0.257 e. The number of amides is 2. The highest BCUT2D eigenvalue weighted by molar-refractivity contribution is 5.99. The molecule has 2 aromatic heterocycles. The van der Waals surface area contributed by atoms with Crippen molar-refractivity contribution < 1.29 is 14.0 Å². The molecule has 2 saturated carbocycles. The molecule has 2 amide bonds. The zero-order valence-corrected chi connectivity index (χ0v) is 28.4. The van der Waals surface area contributed by atoms with Crippen LogP contribution in [0, 0.1) is 24.6 Å². The molecule has 50 heavy (non-hydrogen) atoms. The van der Waals surface area contributed by atoms with Gasteiger partial charge in [-0.3, -0.25) is 19.3 Å². The topological polar surface area (TPSA) is 92.2 Å². The number of hydrogen-bond acceptors (Lipinski definition) is 5. The standard InChI is InChI=1S/C41H43FN6O2/c1-26-7-4-12-35(42)38(26)41(50)48-37-13-5-9-29(37)22-34(39(48)28-14-16-32(17-15-28)45-31-10-2-3-11-31)40(49)46-33-18-19-36-30(21-33)24-44-47(36)25-27-8-6-20-43-23-27/h4,6-8,12,14-21,23-24,29,31,34,37,39,45H,2-3,5,9-11,13,22,25H2,1H3,(H,46,49)/t29-,34+,37-,39+/m1/s1. The van der Waals surface area contributed by atoms with Gasteiger partial charge in [0.25, 0.3) is 5.91 Å². The molecule has 0 spiro atoms. The van der Waals surface area contributed by atoms with Gasteiger partial charge in [0.05, 0.1) is 35.8 Å². The number of nitrogens with one attached hydrogen (secondary N) is 2. The van der Waals surface area contributed by atoms with Crippen LogP contribution in [0.5, 0.6) is 0 Å².